The van der Waals surface area contributed by atoms with E-state index in [1.807, 2.05) is 0 Å². The number of allylic oxidation sites excluding steroid dienone is 1. The zero-order valence-electron chi connectivity index (χ0n) is 22.3. The molecule has 13 heteroatoms. The van der Waals surface area contributed by atoms with Crippen LogP contribution in [-0.2, 0) is 25.6 Å². The summed E-state index contributed by atoms with van der Waals surface area (Å²) in [6, 6.07) is 11.5. The van der Waals surface area contributed by atoms with Crippen LogP contribution in [0.2, 0.25) is 5.02 Å². The van der Waals surface area contributed by atoms with Gasteiger partial charge in [0.2, 0.25) is 0 Å². The van der Waals surface area contributed by atoms with E-state index in [4.69, 9.17) is 21.1 Å². The number of aromatic nitrogens is 2. The van der Waals surface area contributed by atoms with E-state index in [0.29, 0.717) is 21.5 Å². The van der Waals surface area contributed by atoms with Crippen LogP contribution in [0.15, 0.2) is 75.8 Å². The van der Waals surface area contributed by atoms with Crippen LogP contribution in [0, 0.1) is 0 Å². The van der Waals surface area contributed by atoms with Gasteiger partial charge in [0, 0.05) is 27.7 Å². The van der Waals surface area contributed by atoms with Crippen LogP contribution >= 0.6 is 22.9 Å². The summed E-state index contributed by atoms with van der Waals surface area (Å²) in [5.41, 5.74) is -1.39. The summed E-state index contributed by atoms with van der Waals surface area (Å²) in [6.45, 7) is 3.13. The van der Waals surface area contributed by atoms with Crippen molar-refractivity contribution in [2.45, 2.75) is 32.6 Å². The average molecular weight is 618 g/mol. The summed E-state index contributed by atoms with van der Waals surface area (Å²) in [5, 5.41) is 1.04. The predicted octanol–water partition coefficient (Wildman–Crippen LogP) is 4.51. The van der Waals surface area contributed by atoms with Crippen LogP contribution in [0.25, 0.3) is 17.0 Å². The van der Waals surface area contributed by atoms with Crippen molar-refractivity contribution in [3.63, 3.8) is 0 Å². The molecule has 8 nitrogen and oxygen atoms in total. The van der Waals surface area contributed by atoms with Gasteiger partial charge in [-0.2, -0.15) is 13.2 Å². The number of nitrogens with zero attached hydrogens (tertiary/aromatic N) is 3. The van der Waals surface area contributed by atoms with Gasteiger partial charge in [-0.3, -0.25) is 14.2 Å². The lowest BCUT2D eigenvalue weighted by Gasteiger charge is -2.26. The van der Waals surface area contributed by atoms with E-state index in [9.17, 15) is 27.6 Å². The number of ether oxygens (including phenoxy) is 2. The fourth-order valence-electron chi connectivity index (χ4n) is 4.81. The fraction of sp³-hybridized carbons (Fsp3) is 0.241. The molecule has 42 heavy (non-hydrogen) atoms. The first-order valence-corrected chi connectivity index (χ1v) is 14.0. The van der Waals surface area contributed by atoms with Gasteiger partial charge in [0.15, 0.2) is 10.5 Å². The summed E-state index contributed by atoms with van der Waals surface area (Å²) in [5.74, 6) is -1.68. The third-order valence-electron chi connectivity index (χ3n) is 6.49. The molecule has 0 spiro atoms. The van der Waals surface area contributed by atoms with Crippen molar-refractivity contribution in [1.82, 2.24) is 9.13 Å². The lowest BCUT2D eigenvalue weighted by molar-refractivity contribution is -0.143. The molecule has 0 saturated carbocycles. The molecule has 0 N–H and O–H groups in total. The normalized spacial score (nSPS) is 15.5. The maximum Gasteiger partial charge on any atom is 0.434 e. The Kier molecular flexibility index (Phi) is 8.11. The Morgan fingerprint density at radius 2 is 1.76 bits per heavy atom. The van der Waals surface area contributed by atoms with Crippen molar-refractivity contribution in [1.29, 1.82) is 0 Å². The van der Waals surface area contributed by atoms with Crippen LogP contribution in [0.1, 0.15) is 31.0 Å². The molecule has 2 aromatic heterocycles. The maximum atomic E-state index is 14.3. The molecule has 1 aliphatic rings. The van der Waals surface area contributed by atoms with Crippen molar-refractivity contribution in [3.05, 3.63) is 102 Å². The Balaban J connectivity index is 1.75. The van der Waals surface area contributed by atoms with Crippen LogP contribution in [-0.4, -0.2) is 40.5 Å². The summed E-state index contributed by atoms with van der Waals surface area (Å²) < 4.78 is 55.8. The number of para-hydroxylation sites is 1. The van der Waals surface area contributed by atoms with Gasteiger partial charge >= 0.3 is 18.1 Å². The van der Waals surface area contributed by atoms with Gasteiger partial charge in [-0.05, 0) is 43.7 Å². The average Bonchev–Trinajstić information content (AvgIpc) is 3.44. The van der Waals surface area contributed by atoms with Crippen LogP contribution in [0.4, 0.5) is 13.2 Å². The van der Waals surface area contributed by atoms with Crippen LogP contribution in [0.3, 0.4) is 0 Å². The molecule has 0 fully saturated rings. The molecule has 0 amide bonds. The first-order valence-electron chi connectivity index (χ1n) is 12.8. The minimum Gasteiger partial charge on any atom is -0.465 e. The van der Waals surface area contributed by atoms with Gasteiger partial charge < -0.3 is 14.0 Å². The summed E-state index contributed by atoms with van der Waals surface area (Å²) in [7, 11) is 0. The second-order valence-electron chi connectivity index (χ2n) is 9.15. The first-order chi connectivity index (χ1) is 20.0. The molecule has 0 aliphatic carbocycles. The standard InChI is InChI=1S/C29H23ClF3N3O5S/c1-3-40-22(37)15-35-14-17(19-7-5-6-8-20(19)35)13-21-26(38)36-24(16-9-11-18(30)12-10-16)23(27(39)41-4-2)25(29(31,32)33)34-28(36)42-21/h5-14,24H,3-4,15H2,1-2H3/b21-13-/t24-/m0/s1. The lowest BCUT2D eigenvalue weighted by Crippen LogP contribution is -2.41. The number of halogens is 4. The molecule has 1 aliphatic heterocycles. The Bertz CT molecular complexity index is 1910. The summed E-state index contributed by atoms with van der Waals surface area (Å²) in [6.07, 6.45) is -1.81. The number of carbonyl (C=O) groups excluding carboxylic acids is 2. The molecule has 0 radical (unpaired) electrons. The molecule has 1 atom stereocenters. The van der Waals surface area contributed by atoms with E-state index < -0.39 is 41.0 Å². The molecule has 218 valence electrons. The Labute approximate surface area is 245 Å². The number of hydrogen-bond donors (Lipinski definition) is 0. The van der Waals surface area contributed by atoms with E-state index in [-0.39, 0.29) is 34.7 Å². The summed E-state index contributed by atoms with van der Waals surface area (Å²) >= 11 is 6.78. The topological polar surface area (TPSA) is 91.9 Å². The Morgan fingerprint density at radius 1 is 1.07 bits per heavy atom. The van der Waals surface area contributed by atoms with Gasteiger partial charge in [0.05, 0.1) is 29.4 Å². The lowest BCUT2D eigenvalue weighted by atomic mass is 9.95. The molecule has 0 unspecified atom stereocenters. The number of esters is 2. The van der Waals surface area contributed by atoms with Gasteiger partial charge in [-0.15, -0.1) is 0 Å². The number of benzene rings is 2. The van der Waals surface area contributed by atoms with Crippen molar-refractivity contribution < 1.29 is 32.2 Å². The van der Waals surface area contributed by atoms with Crippen molar-refractivity contribution in [3.8, 4) is 0 Å². The highest BCUT2D eigenvalue weighted by Gasteiger charge is 2.45. The zero-order chi connectivity index (χ0) is 30.2. The smallest absolute Gasteiger partial charge is 0.434 e. The number of hydrogen-bond acceptors (Lipinski definition) is 7. The minimum atomic E-state index is -5.01. The number of fused-ring (bicyclic) bond motifs is 2. The number of rotatable bonds is 7. The number of alkyl halides is 3. The minimum absolute atomic E-state index is 0.0716. The summed E-state index contributed by atoms with van der Waals surface area (Å²) in [4.78, 5) is 42.6. The highest BCUT2D eigenvalue weighted by molar-refractivity contribution is 7.07. The molecule has 0 saturated heterocycles. The molecule has 3 heterocycles. The number of carbonyl (C=O) groups is 2. The van der Waals surface area contributed by atoms with Gasteiger partial charge in [0.25, 0.3) is 5.56 Å². The SMILES string of the molecule is CCOC(=O)Cn1cc(/C=c2\sc3n(c2=O)[C@@H](c2ccc(Cl)cc2)C(C(=O)OCC)=C(C(F)(F)F)N=3)c2ccccc21. The van der Waals surface area contributed by atoms with E-state index >= 15 is 0 Å². The van der Waals surface area contributed by atoms with Crippen LogP contribution < -0.4 is 14.9 Å². The second kappa shape index (κ2) is 11.6. The van der Waals surface area contributed by atoms with Gasteiger partial charge in [-0.1, -0.05) is 53.3 Å². The molecule has 4 aromatic rings. The maximum absolute atomic E-state index is 14.3. The second-order valence-corrected chi connectivity index (χ2v) is 10.6. The molecular weight excluding hydrogens is 595 g/mol. The Morgan fingerprint density at radius 3 is 2.43 bits per heavy atom. The third-order valence-corrected chi connectivity index (χ3v) is 7.73. The highest BCUT2D eigenvalue weighted by Crippen LogP contribution is 2.38. The van der Waals surface area contributed by atoms with Crippen molar-refractivity contribution in [2.24, 2.45) is 4.99 Å². The monoisotopic (exact) mass is 617 g/mol. The van der Waals surface area contributed by atoms with E-state index in [1.165, 1.54) is 37.3 Å². The van der Waals surface area contributed by atoms with Gasteiger partial charge in [-0.25, -0.2) is 9.79 Å². The van der Waals surface area contributed by atoms with Crippen molar-refractivity contribution in [2.75, 3.05) is 13.2 Å². The van der Waals surface area contributed by atoms with E-state index in [0.717, 1.165) is 15.9 Å². The first kappa shape index (κ1) is 29.3. The quantitative estimate of drug-likeness (QED) is 0.285. The molecule has 0 bridgehead atoms. The van der Waals surface area contributed by atoms with E-state index in [1.54, 1.807) is 42.0 Å². The largest absolute Gasteiger partial charge is 0.465 e. The molecule has 2 aromatic carbocycles. The van der Waals surface area contributed by atoms with Crippen LogP contribution in [0.5, 0.6) is 0 Å². The third kappa shape index (κ3) is 5.51. The Hall–Kier alpha value is -4.16. The van der Waals surface area contributed by atoms with Crippen molar-refractivity contribution >= 4 is 51.9 Å². The zero-order valence-corrected chi connectivity index (χ0v) is 23.8. The molecule has 5 rings (SSSR count). The van der Waals surface area contributed by atoms with E-state index in [2.05, 4.69) is 4.99 Å². The number of thiazole rings is 1. The predicted molar refractivity (Wildman–Crippen MR) is 151 cm³/mol. The molecular formula is C29H23ClF3N3O5S. The highest BCUT2D eigenvalue weighted by atomic mass is 35.5. The fourth-order valence-corrected chi connectivity index (χ4v) is 5.93. The van der Waals surface area contributed by atoms with Gasteiger partial charge in [0.1, 0.15) is 6.54 Å².